The smallest absolute Gasteiger partial charge is 0.338 e. The number of aromatic nitrogens is 2. The molecule has 35 heavy (non-hydrogen) atoms. The summed E-state index contributed by atoms with van der Waals surface area (Å²) >= 11 is 6.10. The van der Waals surface area contributed by atoms with Gasteiger partial charge in [0, 0.05) is 23.7 Å². The Morgan fingerprint density at radius 1 is 1.09 bits per heavy atom. The summed E-state index contributed by atoms with van der Waals surface area (Å²) in [5.74, 6) is -1.30. The molecular formula is C26H28ClN3O5. The van der Waals surface area contributed by atoms with Gasteiger partial charge in [-0.15, -0.1) is 0 Å². The number of hydrogen-bond acceptors (Lipinski definition) is 6. The van der Waals surface area contributed by atoms with Gasteiger partial charge in [0.15, 0.2) is 6.10 Å². The number of ether oxygens (including phenoxy) is 2. The molecule has 3 rings (SSSR count). The summed E-state index contributed by atoms with van der Waals surface area (Å²) in [5.41, 5.74) is 4.56. The van der Waals surface area contributed by atoms with Crippen LogP contribution in [0.25, 0.3) is 5.69 Å². The van der Waals surface area contributed by atoms with E-state index >= 15 is 0 Å². The van der Waals surface area contributed by atoms with Crippen molar-refractivity contribution >= 4 is 29.4 Å². The molecule has 184 valence electrons. The van der Waals surface area contributed by atoms with Gasteiger partial charge in [-0.05, 0) is 68.7 Å². The first-order valence-electron chi connectivity index (χ1n) is 11.2. The minimum atomic E-state index is -0.974. The van der Waals surface area contributed by atoms with E-state index in [1.807, 2.05) is 32.0 Å². The number of hydrogen-bond donors (Lipinski definition) is 1. The monoisotopic (exact) mass is 497 g/mol. The molecule has 9 heteroatoms. The molecule has 0 saturated carbocycles. The number of aryl methyl sites for hydroxylation is 1. The molecule has 1 atom stereocenters. The average Bonchev–Trinajstić information content (AvgIpc) is 3.14. The van der Waals surface area contributed by atoms with Crippen molar-refractivity contribution in [2.24, 2.45) is 0 Å². The quantitative estimate of drug-likeness (QED) is 0.447. The maximum absolute atomic E-state index is 12.5. The Hall–Kier alpha value is -3.65. The van der Waals surface area contributed by atoms with Gasteiger partial charge in [-0.25, -0.2) is 9.48 Å². The Morgan fingerprint density at radius 3 is 2.43 bits per heavy atom. The van der Waals surface area contributed by atoms with Gasteiger partial charge in [-0.2, -0.15) is 5.10 Å². The van der Waals surface area contributed by atoms with Crippen molar-refractivity contribution in [2.45, 2.75) is 46.3 Å². The predicted molar refractivity (Wildman–Crippen MR) is 132 cm³/mol. The van der Waals surface area contributed by atoms with Crippen molar-refractivity contribution in [1.29, 1.82) is 0 Å². The standard InChI is InChI=1S/C26H28ClN3O5/c1-16-22(13-14-24(31)34-4)17(2)30(29-16)21-11-9-19(10-12-21)26(33)35-18(3)25(32)28-15-20-7-5-6-8-23(20)27/h5-12,18H,13-15H2,1-4H3,(H,28,32). The molecule has 1 amide bonds. The molecule has 1 aromatic heterocycles. The SMILES string of the molecule is COC(=O)CCc1c(C)nn(-c2ccc(C(=O)OC(C)C(=O)NCc3ccccc3Cl)cc2)c1C. The summed E-state index contributed by atoms with van der Waals surface area (Å²) in [7, 11) is 1.37. The summed E-state index contributed by atoms with van der Waals surface area (Å²) in [4.78, 5) is 36.4. The highest BCUT2D eigenvalue weighted by atomic mass is 35.5. The van der Waals surface area contributed by atoms with Crippen LogP contribution in [-0.4, -0.2) is 40.8 Å². The number of benzene rings is 2. The fraction of sp³-hybridized carbons (Fsp3) is 0.308. The summed E-state index contributed by atoms with van der Waals surface area (Å²) in [6.45, 7) is 5.57. The molecule has 1 heterocycles. The zero-order chi connectivity index (χ0) is 25.5. The van der Waals surface area contributed by atoms with Crippen LogP contribution in [-0.2, 0) is 32.0 Å². The van der Waals surface area contributed by atoms with Crippen LogP contribution in [0.1, 0.15) is 46.2 Å². The normalized spacial score (nSPS) is 11.6. The fourth-order valence-corrected chi connectivity index (χ4v) is 3.81. The van der Waals surface area contributed by atoms with Crippen LogP contribution in [0, 0.1) is 13.8 Å². The van der Waals surface area contributed by atoms with Gasteiger partial charge in [-0.3, -0.25) is 9.59 Å². The van der Waals surface area contributed by atoms with Crippen LogP contribution in [0.3, 0.4) is 0 Å². The van der Waals surface area contributed by atoms with Crippen LogP contribution in [0.15, 0.2) is 48.5 Å². The van der Waals surface area contributed by atoms with E-state index in [0.29, 0.717) is 17.0 Å². The number of methoxy groups -OCH3 is 1. The van der Waals surface area contributed by atoms with Gasteiger partial charge in [0.05, 0.1) is 24.1 Å². The zero-order valence-electron chi connectivity index (χ0n) is 20.1. The van der Waals surface area contributed by atoms with E-state index in [-0.39, 0.29) is 18.9 Å². The van der Waals surface area contributed by atoms with Crippen LogP contribution in [0.5, 0.6) is 0 Å². The molecule has 0 aliphatic heterocycles. The lowest BCUT2D eigenvalue weighted by Crippen LogP contribution is -2.35. The molecule has 0 aliphatic carbocycles. The number of rotatable bonds is 9. The summed E-state index contributed by atoms with van der Waals surface area (Å²) in [6.07, 6.45) is -0.165. The minimum Gasteiger partial charge on any atom is -0.469 e. The van der Waals surface area contributed by atoms with Crippen molar-refractivity contribution in [3.05, 3.63) is 81.6 Å². The second-order valence-corrected chi connectivity index (χ2v) is 8.45. The lowest BCUT2D eigenvalue weighted by Gasteiger charge is -2.14. The lowest BCUT2D eigenvalue weighted by molar-refractivity contribution is -0.140. The van der Waals surface area contributed by atoms with E-state index < -0.39 is 18.0 Å². The molecule has 1 unspecified atom stereocenters. The molecule has 3 aromatic rings. The highest BCUT2D eigenvalue weighted by molar-refractivity contribution is 6.31. The third-order valence-electron chi connectivity index (χ3n) is 5.66. The van der Waals surface area contributed by atoms with Gasteiger partial charge in [0.1, 0.15) is 0 Å². The van der Waals surface area contributed by atoms with E-state index in [4.69, 9.17) is 21.1 Å². The minimum absolute atomic E-state index is 0.235. The number of halogens is 1. The predicted octanol–water partition coefficient (Wildman–Crippen LogP) is 4.11. The number of nitrogens with one attached hydrogen (secondary N) is 1. The molecule has 0 saturated heterocycles. The van der Waals surface area contributed by atoms with Crippen LogP contribution in [0.2, 0.25) is 5.02 Å². The fourth-order valence-electron chi connectivity index (χ4n) is 3.61. The maximum Gasteiger partial charge on any atom is 0.338 e. The van der Waals surface area contributed by atoms with Gasteiger partial charge in [0.25, 0.3) is 5.91 Å². The third-order valence-corrected chi connectivity index (χ3v) is 6.03. The highest BCUT2D eigenvalue weighted by Gasteiger charge is 2.20. The first-order valence-corrected chi connectivity index (χ1v) is 11.5. The first-order chi connectivity index (χ1) is 16.7. The van der Waals surface area contributed by atoms with Crippen molar-refractivity contribution in [3.63, 3.8) is 0 Å². The number of carbonyl (C=O) groups excluding carboxylic acids is 3. The number of esters is 2. The van der Waals surface area contributed by atoms with Crippen molar-refractivity contribution in [2.75, 3.05) is 7.11 Å². The first kappa shape index (κ1) is 26.0. The molecule has 0 bridgehead atoms. The van der Waals surface area contributed by atoms with E-state index in [1.165, 1.54) is 14.0 Å². The van der Waals surface area contributed by atoms with E-state index in [2.05, 4.69) is 10.4 Å². The van der Waals surface area contributed by atoms with E-state index in [9.17, 15) is 14.4 Å². The summed E-state index contributed by atoms with van der Waals surface area (Å²) in [5, 5.41) is 7.84. The highest BCUT2D eigenvalue weighted by Crippen LogP contribution is 2.20. The van der Waals surface area contributed by atoms with Crippen LogP contribution < -0.4 is 5.32 Å². The average molecular weight is 498 g/mol. The topological polar surface area (TPSA) is 99.5 Å². The number of nitrogens with zero attached hydrogens (tertiary/aromatic N) is 2. The molecule has 2 aromatic carbocycles. The molecule has 0 aliphatic rings. The molecule has 0 spiro atoms. The molecule has 8 nitrogen and oxygen atoms in total. The lowest BCUT2D eigenvalue weighted by atomic mass is 10.1. The molecule has 0 fully saturated rings. The Bertz CT molecular complexity index is 1220. The Balaban J connectivity index is 1.61. The van der Waals surface area contributed by atoms with Crippen LogP contribution in [0.4, 0.5) is 0 Å². The summed E-state index contributed by atoms with van der Waals surface area (Å²) < 4.78 is 11.8. The van der Waals surface area contributed by atoms with Crippen molar-refractivity contribution in [1.82, 2.24) is 15.1 Å². The second kappa shape index (κ2) is 11.7. The Kier molecular flexibility index (Phi) is 8.65. The van der Waals surface area contributed by atoms with E-state index in [1.54, 1.807) is 35.0 Å². The third kappa shape index (κ3) is 6.48. The number of amides is 1. The van der Waals surface area contributed by atoms with E-state index in [0.717, 1.165) is 28.2 Å². The van der Waals surface area contributed by atoms with Crippen LogP contribution >= 0.6 is 11.6 Å². The van der Waals surface area contributed by atoms with Gasteiger partial charge in [0.2, 0.25) is 0 Å². The number of carbonyl (C=O) groups is 3. The molecule has 0 radical (unpaired) electrons. The Morgan fingerprint density at radius 2 is 1.77 bits per heavy atom. The zero-order valence-corrected chi connectivity index (χ0v) is 20.9. The maximum atomic E-state index is 12.5. The van der Waals surface area contributed by atoms with Gasteiger partial charge < -0.3 is 14.8 Å². The largest absolute Gasteiger partial charge is 0.469 e. The molecule has 1 N–H and O–H groups in total. The van der Waals surface area contributed by atoms with Crippen molar-refractivity contribution in [3.8, 4) is 5.69 Å². The van der Waals surface area contributed by atoms with Crippen molar-refractivity contribution < 1.29 is 23.9 Å². The van der Waals surface area contributed by atoms with Gasteiger partial charge >= 0.3 is 11.9 Å². The van der Waals surface area contributed by atoms with Gasteiger partial charge in [-0.1, -0.05) is 29.8 Å². The molecular weight excluding hydrogens is 470 g/mol. The second-order valence-electron chi connectivity index (χ2n) is 8.04. The Labute approximate surface area is 209 Å². The summed E-state index contributed by atoms with van der Waals surface area (Å²) in [6, 6.07) is 13.9.